The Balaban J connectivity index is 2.58. The van der Waals surface area contributed by atoms with Gasteiger partial charge in [0.05, 0.1) is 28.9 Å². The molecule has 0 spiro atoms. The highest BCUT2D eigenvalue weighted by atomic mass is 35.5. The summed E-state index contributed by atoms with van der Waals surface area (Å²) in [6.07, 6.45) is 6.04. The van der Waals surface area contributed by atoms with Crippen molar-refractivity contribution in [3.05, 3.63) is 22.2 Å². The molecule has 21 heavy (non-hydrogen) atoms. The van der Waals surface area contributed by atoms with Crippen molar-refractivity contribution >= 4 is 34.8 Å². The maximum absolute atomic E-state index is 11.1. The van der Waals surface area contributed by atoms with E-state index in [-0.39, 0.29) is 5.91 Å². The first-order valence-corrected chi connectivity index (χ1v) is 7.21. The fourth-order valence-electron chi connectivity index (χ4n) is 1.68. The van der Waals surface area contributed by atoms with Crippen LogP contribution in [-0.4, -0.2) is 37.6 Å². The number of hydrogen-bond donors (Lipinski definition) is 1. The van der Waals surface area contributed by atoms with E-state index >= 15 is 0 Å². The Morgan fingerprint density at radius 1 is 1.43 bits per heavy atom. The van der Waals surface area contributed by atoms with Gasteiger partial charge in [0, 0.05) is 19.5 Å². The van der Waals surface area contributed by atoms with Gasteiger partial charge in [0.1, 0.15) is 5.75 Å². The second-order valence-electron chi connectivity index (χ2n) is 4.59. The summed E-state index contributed by atoms with van der Waals surface area (Å²) < 4.78 is 5.62. The van der Waals surface area contributed by atoms with E-state index in [0.29, 0.717) is 34.6 Å². The van der Waals surface area contributed by atoms with Gasteiger partial charge in [0.2, 0.25) is 5.91 Å². The van der Waals surface area contributed by atoms with Crippen LogP contribution < -0.4 is 10.1 Å². The topological polar surface area (TPSA) is 41.6 Å². The molecule has 1 aromatic carbocycles. The minimum Gasteiger partial charge on any atom is -0.492 e. The van der Waals surface area contributed by atoms with Crippen LogP contribution in [0.25, 0.3) is 0 Å². The quantitative estimate of drug-likeness (QED) is 0.616. The van der Waals surface area contributed by atoms with Gasteiger partial charge >= 0.3 is 0 Å². The SMILES string of the molecule is C#CCN(C)CCCOc1cc(NC(C)=O)c(Cl)cc1Cl. The van der Waals surface area contributed by atoms with E-state index in [0.717, 1.165) is 13.0 Å². The van der Waals surface area contributed by atoms with E-state index in [4.69, 9.17) is 34.4 Å². The van der Waals surface area contributed by atoms with Crippen molar-refractivity contribution in [1.29, 1.82) is 0 Å². The van der Waals surface area contributed by atoms with Gasteiger partial charge in [0.25, 0.3) is 0 Å². The van der Waals surface area contributed by atoms with Crippen molar-refractivity contribution in [2.75, 3.05) is 32.1 Å². The lowest BCUT2D eigenvalue weighted by Crippen LogP contribution is -2.21. The second-order valence-corrected chi connectivity index (χ2v) is 5.40. The fourth-order valence-corrected chi connectivity index (χ4v) is 2.16. The number of nitrogens with one attached hydrogen (secondary N) is 1. The molecule has 0 saturated carbocycles. The Morgan fingerprint density at radius 2 is 2.14 bits per heavy atom. The lowest BCUT2D eigenvalue weighted by atomic mass is 10.3. The molecule has 0 heterocycles. The van der Waals surface area contributed by atoms with Gasteiger partial charge < -0.3 is 10.1 Å². The number of rotatable bonds is 7. The van der Waals surface area contributed by atoms with Crippen molar-refractivity contribution in [2.24, 2.45) is 0 Å². The number of benzene rings is 1. The first-order chi connectivity index (χ1) is 9.93. The highest BCUT2D eigenvalue weighted by Gasteiger charge is 2.09. The molecule has 114 valence electrons. The summed E-state index contributed by atoms with van der Waals surface area (Å²) in [5.74, 6) is 2.86. The summed E-state index contributed by atoms with van der Waals surface area (Å²) in [6.45, 7) is 3.34. The molecule has 0 aliphatic carbocycles. The van der Waals surface area contributed by atoms with Crippen LogP contribution in [0.5, 0.6) is 5.75 Å². The Labute approximate surface area is 135 Å². The number of amides is 1. The highest BCUT2D eigenvalue weighted by molar-refractivity contribution is 6.37. The number of hydrogen-bond acceptors (Lipinski definition) is 3. The molecule has 0 bridgehead atoms. The summed E-state index contributed by atoms with van der Waals surface area (Å²) in [5.41, 5.74) is 0.480. The number of ether oxygens (including phenoxy) is 1. The third-order valence-electron chi connectivity index (χ3n) is 2.64. The Morgan fingerprint density at radius 3 is 2.76 bits per heavy atom. The van der Waals surface area contributed by atoms with Crippen LogP contribution in [-0.2, 0) is 4.79 Å². The van der Waals surface area contributed by atoms with Gasteiger partial charge in [0.15, 0.2) is 0 Å². The average Bonchev–Trinajstić information content (AvgIpc) is 2.39. The number of terminal acetylenes is 1. The third kappa shape index (κ3) is 6.26. The summed E-state index contributed by atoms with van der Waals surface area (Å²) in [6, 6.07) is 3.17. The van der Waals surface area contributed by atoms with E-state index < -0.39 is 0 Å². The Kier molecular flexibility index (Phi) is 7.38. The second kappa shape index (κ2) is 8.78. The normalized spacial score (nSPS) is 10.3. The predicted octanol–water partition coefficient (Wildman–Crippen LogP) is 3.29. The molecule has 0 aliphatic heterocycles. The Hall–Kier alpha value is -1.41. The molecule has 4 nitrogen and oxygen atoms in total. The number of halogens is 2. The van der Waals surface area contributed by atoms with Crippen molar-refractivity contribution in [2.45, 2.75) is 13.3 Å². The number of nitrogens with zero attached hydrogens (tertiary/aromatic N) is 1. The first kappa shape index (κ1) is 17.6. The molecule has 6 heteroatoms. The molecule has 1 rings (SSSR count). The smallest absolute Gasteiger partial charge is 0.221 e. The van der Waals surface area contributed by atoms with Crippen LogP contribution in [0.2, 0.25) is 10.0 Å². The molecular weight excluding hydrogens is 311 g/mol. The third-order valence-corrected chi connectivity index (χ3v) is 3.24. The van der Waals surface area contributed by atoms with Crippen molar-refractivity contribution in [1.82, 2.24) is 4.90 Å². The molecule has 1 amide bonds. The molecule has 1 aromatic rings. The van der Waals surface area contributed by atoms with Gasteiger partial charge in [-0.3, -0.25) is 9.69 Å². The molecule has 1 N–H and O–H groups in total. The maximum atomic E-state index is 11.1. The molecule has 0 aromatic heterocycles. The first-order valence-electron chi connectivity index (χ1n) is 6.45. The molecule has 0 aliphatic rings. The largest absolute Gasteiger partial charge is 0.492 e. The summed E-state index contributed by atoms with van der Waals surface area (Å²) in [5, 5.41) is 3.41. The lowest BCUT2D eigenvalue weighted by molar-refractivity contribution is -0.114. The molecular formula is C15H18Cl2N2O2. The maximum Gasteiger partial charge on any atom is 0.221 e. The van der Waals surface area contributed by atoms with Gasteiger partial charge in [-0.05, 0) is 19.5 Å². The van der Waals surface area contributed by atoms with Crippen LogP contribution >= 0.6 is 23.2 Å². The zero-order valence-corrected chi connectivity index (χ0v) is 13.6. The minimum absolute atomic E-state index is 0.207. The summed E-state index contributed by atoms with van der Waals surface area (Å²) in [7, 11) is 1.95. The predicted molar refractivity (Wildman–Crippen MR) is 87.2 cm³/mol. The van der Waals surface area contributed by atoms with E-state index in [9.17, 15) is 4.79 Å². The minimum atomic E-state index is -0.207. The average molecular weight is 329 g/mol. The van der Waals surface area contributed by atoms with Crippen LogP contribution in [0.1, 0.15) is 13.3 Å². The van der Waals surface area contributed by atoms with Gasteiger partial charge in [-0.1, -0.05) is 29.1 Å². The van der Waals surface area contributed by atoms with E-state index in [1.807, 2.05) is 11.9 Å². The molecule has 0 unspecified atom stereocenters. The lowest BCUT2D eigenvalue weighted by Gasteiger charge is -2.15. The fraction of sp³-hybridized carbons (Fsp3) is 0.400. The van der Waals surface area contributed by atoms with Crippen molar-refractivity contribution < 1.29 is 9.53 Å². The molecule has 0 atom stereocenters. The zero-order chi connectivity index (χ0) is 15.8. The Bertz CT molecular complexity index is 541. The van der Waals surface area contributed by atoms with Crippen LogP contribution in [0.4, 0.5) is 5.69 Å². The van der Waals surface area contributed by atoms with Crippen molar-refractivity contribution in [3.63, 3.8) is 0 Å². The van der Waals surface area contributed by atoms with Crippen LogP contribution in [0.15, 0.2) is 12.1 Å². The van der Waals surface area contributed by atoms with Gasteiger partial charge in [-0.15, -0.1) is 6.42 Å². The van der Waals surface area contributed by atoms with E-state index in [1.54, 1.807) is 12.1 Å². The van der Waals surface area contributed by atoms with E-state index in [2.05, 4.69) is 11.2 Å². The van der Waals surface area contributed by atoms with Gasteiger partial charge in [-0.2, -0.15) is 0 Å². The molecule has 0 radical (unpaired) electrons. The number of carbonyl (C=O) groups is 1. The van der Waals surface area contributed by atoms with Crippen molar-refractivity contribution in [3.8, 4) is 18.1 Å². The number of carbonyl (C=O) groups excluding carboxylic acids is 1. The molecule has 0 saturated heterocycles. The van der Waals surface area contributed by atoms with E-state index in [1.165, 1.54) is 6.92 Å². The van der Waals surface area contributed by atoms with Crippen LogP contribution in [0.3, 0.4) is 0 Å². The highest BCUT2D eigenvalue weighted by Crippen LogP contribution is 2.34. The number of anilines is 1. The summed E-state index contributed by atoms with van der Waals surface area (Å²) >= 11 is 12.1. The van der Waals surface area contributed by atoms with Gasteiger partial charge in [-0.25, -0.2) is 0 Å². The molecule has 0 fully saturated rings. The summed E-state index contributed by atoms with van der Waals surface area (Å²) in [4.78, 5) is 13.1. The zero-order valence-electron chi connectivity index (χ0n) is 12.1. The monoisotopic (exact) mass is 328 g/mol. The standard InChI is InChI=1S/C15H18Cl2N2O2/c1-4-6-19(3)7-5-8-21-15-10-14(18-11(2)20)12(16)9-13(15)17/h1,9-10H,5-8H2,2-3H3,(H,18,20). The van der Waals surface area contributed by atoms with Crippen LogP contribution in [0, 0.1) is 12.3 Å².